The van der Waals surface area contributed by atoms with E-state index >= 15 is 0 Å². The van der Waals surface area contributed by atoms with Crippen LogP contribution in [0, 0.1) is 0 Å². The molecule has 6 nitrogen and oxygen atoms in total. The van der Waals surface area contributed by atoms with Gasteiger partial charge in [0.25, 0.3) is 5.56 Å². The van der Waals surface area contributed by atoms with Crippen LogP contribution >= 0.6 is 0 Å². The molecule has 0 saturated carbocycles. The molecule has 0 aliphatic heterocycles. The molecule has 2 aromatic heterocycles. The van der Waals surface area contributed by atoms with Crippen molar-refractivity contribution in [1.82, 2.24) is 19.7 Å². The lowest BCUT2D eigenvalue weighted by Crippen LogP contribution is -2.14. The molecule has 1 aromatic carbocycles. The highest BCUT2D eigenvalue weighted by atomic mass is 16.1. The number of rotatable bonds is 4. The van der Waals surface area contributed by atoms with Crippen LogP contribution in [0.15, 0.2) is 35.3 Å². The van der Waals surface area contributed by atoms with Crippen LogP contribution in [0.3, 0.4) is 0 Å². The summed E-state index contributed by atoms with van der Waals surface area (Å²) >= 11 is 0. The number of nitrogens with one attached hydrogen (secondary N) is 2. The summed E-state index contributed by atoms with van der Waals surface area (Å²) in [6.45, 7) is 2.52. The van der Waals surface area contributed by atoms with E-state index in [4.69, 9.17) is 0 Å². The van der Waals surface area contributed by atoms with Crippen LogP contribution in [0.1, 0.15) is 18.4 Å². The molecule has 0 saturated heterocycles. The molecule has 0 amide bonds. The van der Waals surface area contributed by atoms with Gasteiger partial charge in [-0.05, 0) is 18.6 Å². The van der Waals surface area contributed by atoms with Gasteiger partial charge in [0, 0.05) is 13.2 Å². The fraction of sp³-hybridized carbons (Fsp3) is 0.267. The molecule has 3 rings (SSSR count). The summed E-state index contributed by atoms with van der Waals surface area (Å²) in [6, 6.07) is 7.33. The summed E-state index contributed by atoms with van der Waals surface area (Å²) in [5.41, 5.74) is 2.57. The molecular formula is C15H17N5O. The van der Waals surface area contributed by atoms with E-state index in [1.54, 1.807) is 10.7 Å². The maximum atomic E-state index is 12.0. The summed E-state index contributed by atoms with van der Waals surface area (Å²) in [5.74, 6) is 0.615. The van der Waals surface area contributed by atoms with E-state index in [0.29, 0.717) is 23.3 Å². The molecule has 0 atom stereocenters. The Morgan fingerprint density at radius 2 is 2.14 bits per heavy atom. The first kappa shape index (κ1) is 13.4. The van der Waals surface area contributed by atoms with E-state index in [0.717, 1.165) is 17.8 Å². The third kappa shape index (κ3) is 2.65. The van der Waals surface area contributed by atoms with Gasteiger partial charge in [0.2, 0.25) is 0 Å². The van der Waals surface area contributed by atoms with Crippen molar-refractivity contribution in [2.45, 2.75) is 19.9 Å². The van der Waals surface area contributed by atoms with Gasteiger partial charge in [-0.1, -0.05) is 19.1 Å². The van der Waals surface area contributed by atoms with E-state index in [2.05, 4.69) is 27.3 Å². The third-order valence-corrected chi connectivity index (χ3v) is 3.35. The Hall–Kier alpha value is -2.63. The van der Waals surface area contributed by atoms with Crippen molar-refractivity contribution in [1.29, 1.82) is 0 Å². The summed E-state index contributed by atoms with van der Waals surface area (Å²) in [4.78, 5) is 19.3. The maximum Gasteiger partial charge on any atom is 0.258 e. The molecular weight excluding hydrogens is 266 g/mol. The van der Waals surface area contributed by atoms with Gasteiger partial charge in [-0.2, -0.15) is 5.10 Å². The van der Waals surface area contributed by atoms with Crippen molar-refractivity contribution in [3.63, 3.8) is 0 Å². The Labute approximate surface area is 121 Å². The topological polar surface area (TPSA) is 75.6 Å². The monoisotopic (exact) mass is 283 g/mol. The zero-order valence-corrected chi connectivity index (χ0v) is 12.1. The number of hydrogen-bond donors (Lipinski definition) is 2. The molecule has 0 radical (unpaired) electrons. The van der Waals surface area contributed by atoms with Crippen LogP contribution in [-0.2, 0) is 20.0 Å². The number of anilines is 1. The van der Waals surface area contributed by atoms with Gasteiger partial charge in [-0.15, -0.1) is 0 Å². The predicted octanol–water partition coefficient (Wildman–Crippen LogP) is 1.83. The second-order valence-corrected chi connectivity index (χ2v) is 4.90. The molecule has 0 unspecified atom stereocenters. The maximum absolute atomic E-state index is 12.0. The van der Waals surface area contributed by atoms with Crippen LogP contribution in [0.5, 0.6) is 0 Å². The Kier molecular flexibility index (Phi) is 3.43. The summed E-state index contributed by atoms with van der Waals surface area (Å²) in [7, 11) is 1.89. The minimum atomic E-state index is -0.112. The first-order valence-corrected chi connectivity index (χ1v) is 6.91. The second-order valence-electron chi connectivity index (χ2n) is 4.90. The average Bonchev–Trinajstić information content (AvgIpc) is 2.85. The number of aromatic nitrogens is 4. The van der Waals surface area contributed by atoms with Crippen molar-refractivity contribution in [3.8, 4) is 0 Å². The number of hydrogen-bond acceptors (Lipinski definition) is 4. The smallest absolute Gasteiger partial charge is 0.258 e. The predicted molar refractivity (Wildman–Crippen MR) is 82.3 cm³/mol. The molecule has 3 aromatic rings. The standard InChI is InChI=1S/C15H17N5O/c1-3-11-13(9-20(2)19-11)16-8-14-17-12-7-5-4-6-10(12)15(21)18-14/h4-7,9,16H,3,8H2,1-2H3,(H,17,18,21). The fourth-order valence-corrected chi connectivity index (χ4v) is 2.34. The molecule has 0 fully saturated rings. The molecule has 108 valence electrons. The molecule has 0 spiro atoms. The van der Waals surface area contributed by atoms with Crippen LogP contribution in [-0.4, -0.2) is 19.7 Å². The van der Waals surface area contributed by atoms with E-state index in [-0.39, 0.29) is 5.56 Å². The van der Waals surface area contributed by atoms with Gasteiger partial charge < -0.3 is 10.3 Å². The largest absolute Gasteiger partial charge is 0.375 e. The molecule has 2 N–H and O–H groups in total. The van der Waals surface area contributed by atoms with Gasteiger partial charge in [-0.25, -0.2) is 4.98 Å². The lowest BCUT2D eigenvalue weighted by Gasteiger charge is -2.06. The van der Waals surface area contributed by atoms with E-state index in [1.165, 1.54) is 0 Å². The van der Waals surface area contributed by atoms with Gasteiger partial charge in [0.15, 0.2) is 0 Å². The number of para-hydroxylation sites is 1. The molecule has 0 bridgehead atoms. The highest BCUT2D eigenvalue weighted by molar-refractivity contribution is 5.77. The minimum absolute atomic E-state index is 0.112. The van der Waals surface area contributed by atoms with Gasteiger partial charge in [0.05, 0.1) is 28.8 Å². The van der Waals surface area contributed by atoms with Crippen molar-refractivity contribution < 1.29 is 0 Å². The van der Waals surface area contributed by atoms with Crippen molar-refractivity contribution in [3.05, 3.63) is 52.3 Å². The zero-order chi connectivity index (χ0) is 14.8. The number of fused-ring (bicyclic) bond motifs is 1. The highest BCUT2D eigenvalue weighted by Crippen LogP contribution is 2.14. The van der Waals surface area contributed by atoms with Crippen LogP contribution in [0.2, 0.25) is 0 Å². The summed E-state index contributed by atoms with van der Waals surface area (Å²) < 4.78 is 1.78. The van der Waals surface area contributed by atoms with Crippen LogP contribution < -0.4 is 10.9 Å². The number of aromatic amines is 1. The molecule has 6 heteroatoms. The van der Waals surface area contributed by atoms with Crippen molar-refractivity contribution in [2.75, 3.05) is 5.32 Å². The Morgan fingerprint density at radius 3 is 2.95 bits per heavy atom. The third-order valence-electron chi connectivity index (χ3n) is 3.35. The van der Waals surface area contributed by atoms with Crippen LogP contribution in [0.4, 0.5) is 5.69 Å². The molecule has 21 heavy (non-hydrogen) atoms. The first-order valence-electron chi connectivity index (χ1n) is 6.91. The fourth-order valence-electron chi connectivity index (χ4n) is 2.34. The van der Waals surface area contributed by atoms with Crippen molar-refractivity contribution in [2.24, 2.45) is 7.05 Å². The SMILES string of the molecule is CCc1nn(C)cc1NCc1nc2ccccc2c(=O)[nH]1. The Morgan fingerprint density at radius 1 is 1.33 bits per heavy atom. The van der Waals surface area contributed by atoms with E-state index in [9.17, 15) is 4.79 Å². The number of H-pyrrole nitrogens is 1. The summed E-state index contributed by atoms with van der Waals surface area (Å²) in [5, 5.41) is 8.26. The molecule has 2 heterocycles. The van der Waals surface area contributed by atoms with Crippen molar-refractivity contribution >= 4 is 16.6 Å². The zero-order valence-electron chi connectivity index (χ0n) is 12.1. The van der Waals surface area contributed by atoms with Gasteiger partial charge >= 0.3 is 0 Å². The Bertz CT molecular complexity index is 833. The lowest BCUT2D eigenvalue weighted by molar-refractivity contribution is 0.746. The number of aryl methyl sites for hydroxylation is 2. The quantitative estimate of drug-likeness (QED) is 0.766. The van der Waals surface area contributed by atoms with Gasteiger partial charge in [-0.3, -0.25) is 9.48 Å². The molecule has 0 aliphatic carbocycles. The minimum Gasteiger partial charge on any atom is -0.375 e. The summed E-state index contributed by atoms with van der Waals surface area (Å²) in [6.07, 6.45) is 2.78. The Balaban J connectivity index is 1.86. The van der Waals surface area contributed by atoms with Gasteiger partial charge in [0.1, 0.15) is 5.82 Å². The lowest BCUT2D eigenvalue weighted by atomic mass is 10.2. The second kappa shape index (κ2) is 5.40. The normalized spacial score (nSPS) is 11.0. The highest BCUT2D eigenvalue weighted by Gasteiger charge is 2.07. The van der Waals surface area contributed by atoms with E-state index < -0.39 is 0 Å². The number of benzene rings is 1. The number of nitrogens with zero attached hydrogens (tertiary/aromatic N) is 3. The molecule has 0 aliphatic rings. The van der Waals surface area contributed by atoms with Crippen LogP contribution in [0.25, 0.3) is 10.9 Å². The average molecular weight is 283 g/mol. The first-order chi connectivity index (χ1) is 10.2. The van der Waals surface area contributed by atoms with E-state index in [1.807, 2.05) is 31.4 Å².